The Bertz CT molecular complexity index is 912. The van der Waals surface area contributed by atoms with Gasteiger partial charge in [0, 0.05) is 17.4 Å². The Labute approximate surface area is 168 Å². The highest BCUT2D eigenvalue weighted by Gasteiger charge is 2.13. The summed E-state index contributed by atoms with van der Waals surface area (Å²) in [6.07, 6.45) is 1.67. The van der Waals surface area contributed by atoms with Gasteiger partial charge in [-0.3, -0.25) is 4.79 Å². The van der Waals surface area contributed by atoms with Crippen molar-refractivity contribution in [2.75, 3.05) is 25.3 Å². The summed E-state index contributed by atoms with van der Waals surface area (Å²) in [7, 11) is 3.21. The highest BCUT2D eigenvalue weighted by atomic mass is 32.2. The Morgan fingerprint density at radius 1 is 1.07 bits per heavy atom. The molecule has 0 fully saturated rings. The molecule has 0 unspecified atom stereocenters. The Hall–Kier alpha value is -2.93. The summed E-state index contributed by atoms with van der Waals surface area (Å²) in [5.74, 6) is 3.10. The first-order chi connectivity index (χ1) is 13.7. The van der Waals surface area contributed by atoms with E-state index in [1.165, 1.54) is 5.56 Å². The molecule has 3 aromatic rings. The van der Waals surface area contributed by atoms with Crippen molar-refractivity contribution in [2.45, 2.75) is 12.3 Å². The molecule has 0 radical (unpaired) electrons. The first-order valence-corrected chi connectivity index (χ1v) is 10.00. The van der Waals surface area contributed by atoms with Crippen LogP contribution in [0, 0.1) is 0 Å². The third-order valence-electron chi connectivity index (χ3n) is 4.13. The number of benzene rings is 2. The summed E-state index contributed by atoms with van der Waals surface area (Å²) >= 11 is 1.58. The number of amides is 1. The van der Waals surface area contributed by atoms with Crippen molar-refractivity contribution in [3.05, 3.63) is 71.9 Å². The van der Waals surface area contributed by atoms with Gasteiger partial charge in [-0.25, -0.2) is 4.68 Å². The van der Waals surface area contributed by atoms with Crippen LogP contribution in [0.3, 0.4) is 0 Å². The molecule has 7 heteroatoms. The highest BCUT2D eigenvalue weighted by Crippen LogP contribution is 2.31. The van der Waals surface area contributed by atoms with Crippen LogP contribution in [0.5, 0.6) is 11.5 Å². The van der Waals surface area contributed by atoms with Gasteiger partial charge in [-0.2, -0.15) is 5.10 Å². The number of carbonyl (C=O) groups is 1. The number of hydrogen-bond donors (Lipinski definition) is 1. The molecule has 0 bridgehead atoms. The maximum absolute atomic E-state index is 12.3. The molecule has 0 spiro atoms. The topological polar surface area (TPSA) is 65.4 Å². The predicted molar refractivity (Wildman–Crippen MR) is 112 cm³/mol. The molecule has 6 nitrogen and oxygen atoms in total. The van der Waals surface area contributed by atoms with Gasteiger partial charge in [-0.15, -0.1) is 11.8 Å². The lowest BCUT2D eigenvalue weighted by atomic mass is 10.2. The van der Waals surface area contributed by atoms with E-state index in [4.69, 9.17) is 9.47 Å². The van der Waals surface area contributed by atoms with Crippen molar-refractivity contribution in [1.29, 1.82) is 0 Å². The summed E-state index contributed by atoms with van der Waals surface area (Å²) < 4.78 is 12.6. The van der Waals surface area contributed by atoms with Gasteiger partial charge in [0.15, 0.2) is 11.5 Å². The maximum atomic E-state index is 12.3. The van der Waals surface area contributed by atoms with E-state index < -0.39 is 0 Å². The molecule has 0 aliphatic heterocycles. The van der Waals surface area contributed by atoms with E-state index in [9.17, 15) is 4.79 Å². The zero-order valence-corrected chi connectivity index (χ0v) is 16.7. The number of rotatable bonds is 9. The van der Waals surface area contributed by atoms with Crippen LogP contribution >= 0.6 is 11.8 Å². The van der Waals surface area contributed by atoms with Gasteiger partial charge >= 0.3 is 0 Å². The van der Waals surface area contributed by atoms with Gasteiger partial charge in [0.05, 0.1) is 32.7 Å². The molecular weight excluding hydrogens is 374 g/mol. The molecule has 0 saturated heterocycles. The van der Waals surface area contributed by atoms with Crippen molar-refractivity contribution in [2.24, 2.45) is 0 Å². The molecule has 1 heterocycles. The summed E-state index contributed by atoms with van der Waals surface area (Å²) in [6, 6.07) is 17.6. The van der Waals surface area contributed by atoms with Gasteiger partial charge in [0.1, 0.15) is 5.82 Å². The van der Waals surface area contributed by atoms with Crippen LogP contribution < -0.4 is 14.8 Å². The third kappa shape index (κ3) is 5.07. The zero-order chi connectivity index (χ0) is 19.8. The first kappa shape index (κ1) is 19.8. The number of anilines is 1. The second-order valence-electron chi connectivity index (χ2n) is 6.05. The molecular formula is C21H23N3O3S. The summed E-state index contributed by atoms with van der Waals surface area (Å²) in [5.41, 5.74) is 2.12. The van der Waals surface area contributed by atoms with Crippen LogP contribution in [0.1, 0.15) is 11.1 Å². The molecule has 3 rings (SSSR count). The number of aromatic nitrogens is 2. The summed E-state index contributed by atoms with van der Waals surface area (Å²) in [6.45, 7) is 0.458. The number of methoxy groups -OCH3 is 2. The van der Waals surface area contributed by atoms with Crippen molar-refractivity contribution in [1.82, 2.24) is 9.78 Å². The van der Waals surface area contributed by atoms with Gasteiger partial charge < -0.3 is 14.8 Å². The van der Waals surface area contributed by atoms with E-state index in [1.54, 1.807) is 42.9 Å². The van der Waals surface area contributed by atoms with E-state index in [0.29, 0.717) is 29.6 Å². The first-order valence-electron chi connectivity index (χ1n) is 8.84. The third-order valence-corrected chi connectivity index (χ3v) is 5.14. The van der Waals surface area contributed by atoms with Crippen molar-refractivity contribution < 1.29 is 14.3 Å². The van der Waals surface area contributed by atoms with Crippen LogP contribution in [0.25, 0.3) is 0 Å². The fraction of sp³-hybridized carbons (Fsp3) is 0.238. The summed E-state index contributed by atoms with van der Waals surface area (Å²) in [5, 5.41) is 7.25. The molecule has 0 aliphatic rings. The van der Waals surface area contributed by atoms with Gasteiger partial charge in [-0.1, -0.05) is 42.5 Å². The van der Waals surface area contributed by atoms with Gasteiger partial charge in [0.2, 0.25) is 5.91 Å². The number of carbonyl (C=O) groups excluding carboxylic acids is 1. The Kier molecular flexibility index (Phi) is 6.97. The minimum Gasteiger partial charge on any atom is -0.493 e. The fourth-order valence-electron chi connectivity index (χ4n) is 2.82. The normalized spacial score (nSPS) is 10.5. The Morgan fingerprint density at radius 3 is 2.64 bits per heavy atom. The van der Waals surface area contributed by atoms with Crippen molar-refractivity contribution in [3.63, 3.8) is 0 Å². The second kappa shape index (κ2) is 9.85. The molecule has 0 aliphatic carbocycles. The number of hydrogen-bond acceptors (Lipinski definition) is 5. The largest absolute Gasteiger partial charge is 0.493 e. The fourth-order valence-corrected chi connectivity index (χ4v) is 3.61. The number of para-hydroxylation sites is 1. The second-order valence-corrected chi connectivity index (χ2v) is 7.04. The van der Waals surface area contributed by atoms with E-state index in [0.717, 1.165) is 11.3 Å². The van der Waals surface area contributed by atoms with Crippen LogP contribution in [0.4, 0.5) is 5.82 Å². The lowest BCUT2D eigenvalue weighted by Crippen LogP contribution is -2.18. The number of nitrogens with zero attached hydrogens (tertiary/aromatic N) is 2. The van der Waals surface area contributed by atoms with Crippen LogP contribution in [-0.4, -0.2) is 35.7 Å². The van der Waals surface area contributed by atoms with Crippen LogP contribution in [0.15, 0.2) is 60.8 Å². The number of ether oxygens (including phenoxy) is 2. The van der Waals surface area contributed by atoms with Crippen LogP contribution in [-0.2, 0) is 17.1 Å². The van der Waals surface area contributed by atoms with Gasteiger partial charge in [-0.05, 0) is 11.6 Å². The maximum Gasteiger partial charge on any atom is 0.235 e. The van der Waals surface area contributed by atoms with E-state index >= 15 is 0 Å². The Balaban J connectivity index is 1.60. The SMILES string of the molecule is COc1cccc(Cn2nccc2NC(=O)CSCc2ccccc2)c1OC. The number of thioether (sulfide) groups is 1. The molecule has 1 amide bonds. The lowest BCUT2D eigenvalue weighted by molar-refractivity contribution is -0.113. The van der Waals surface area contributed by atoms with Gasteiger partial charge in [0.25, 0.3) is 0 Å². The van der Waals surface area contributed by atoms with Crippen molar-refractivity contribution in [3.8, 4) is 11.5 Å². The number of nitrogens with one attached hydrogen (secondary N) is 1. The average molecular weight is 398 g/mol. The molecule has 146 valence electrons. The van der Waals surface area contributed by atoms with E-state index in [2.05, 4.69) is 22.5 Å². The van der Waals surface area contributed by atoms with E-state index in [1.807, 2.05) is 36.4 Å². The molecule has 28 heavy (non-hydrogen) atoms. The van der Waals surface area contributed by atoms with Crippen molar-refractivity contribution >= 4 is 23.5 Å². The van der Waals surface area contributed by atoms with E-state index in [-0.39, 0.29) is 5.91 Å². The monoisotopic (exact) mass is 397 g/mol. The molecule has 2 aromatic carbocycles. The predicted octanol–water partition coefficient (Wildman–Crippen LogP) is 3.82. The summed E-state index contributed by atoms with van der Waals surface area (Å²) in [4.78, 5) is 12.3. The lowest BCUT2D eigenvalue weighted by Gasteiger charge is -2.14. The minimum absolute atomic E-state index is 0.0553. The average Bonchev–Trinajstić information content (AvgIpc) is 3.15. The zero-order valence-electron chi connectivity index (χ0n) is 15.9. The minimum atomic E-state index is -0.0553. The molecule has 1 aromatic heterocycles. The quantitative estimate of drug-likeness (QED) is 0.595. The molecule has 1 N–H and O–H groups in total. The smallest absolute Gasteiger partial charge is 0.235 e. The standard InChI is InChI=1S/C21H23N3O3S/c1-26-18-10-6-9-17(21(18)27-2)13-24-19(11-12-22-24)23-20(25)15-28-14-16-7-4-3-5-8-16/h3-12H,13-15H2,1-2H3,(H,23,25). The van der Waals surface area contributed by atoms with Crippen LogP contribution in [0.2, 0.25) is 0 Å². The molecule has 0 saturated carbocycles. The Morgan fingerprint density at radius 2 is 1.89 bits per heavy atom. The molecule has 0 atom stereocenters. The highest BCUT2D eigenvalue weighted by molar-refractivity contribution is 7.99.